The first-order chi connectivity index (χ1) is 9.97. The summed E-state index contributed by atoms with van der Waals surface area (Å²) in [5, 5.41) is 20.0. The van der Waals surface area contributed by atoms with E-state index in [-0.39, 0.29) is 22.5 Å². The van der Waals surface area contributed by atoms with Crippen molar-refractivity contribution < 1.29 is 14.6 Å². The van der Waals surface area contributed by atoms with Crippen LogP contribution < -0.4 is 5.43 Å². The van der Waals surface area contributed by atoms with E-state index in [1.807, 2.05) is 19.1 Å². The number of benzene rings is 2. The van der Waals surface area contributed by atoms with Gasteiger partial charge in [0.25, 0.3) is 0 Å². The minimum absolute atomic E-state index is 0.00559. The fraction of sp³-hybridized carbons (Fsp3) is 0.118. The summed E-state index contributed by atoms with van der Waals surface area (Å²) in [6, 6.07) is 10.4. The molecule has 0 aliphatic carbocycles. The van der Waals surface area contributed by atoms with Crippen molar-refractivity contribution in [1.82, 2.24) is 0 Å². The molecule has 1 heterocycles. The van der Waals surface area contributed by atoms with Crippen molar-refractivity contribution >= 4 is 11.0 Å². The fourth-order valence-electron chi connectivity index (χ4n) is 2.32. The van der Waals surface area contributed by atoms with Crippen LogP contribution in [0.1, 0.15) is 11.1 Å². The second-order valence-electron chi connectivity index (χ2n) is 5.13. The van der Waals surface area contributed by atoms with Gasteiger partial charge in [0.1, 0.15) is 16.7 Å². The number of hydrogen-bond donors (Lipinski definition) is 2. The maximum atomic E-state index is 12.3. The van der Waals surface area contributed by atoms with Crippen LogP contribution in [0.25, 0.3) is 22.3 Å². The molecule has 3 aromatic rings. The first kappa shape index (κ1) is 13.2. The summed E-state index contributed by atoms with van der Waals surface area (Å²) >= 11 is 0. The molecule has 0 atom stereocenters. The van der Waals surface area contributed by atoms with Gasteiger partial charge < -0.3 is 14.6 Å². The summed E-state index contributed by atoms with van der Waals surface area (Å²) in [7, 11) is 0. The lowest BCUT2D eigenvalue weighted by molar-refractivity contribution is 0.445. The molecule has 2 aromatic carbocycles. The van der Waals surface area contributed by atoms with E-state index in [2.05, 4.69) is 0 Å². The third kappa shape index (κ3) is 2.14. The summed E-state index contributed by atoms with van der Waals surface area (Å²) < 4.78 is 5.65. The van der Waals surface area contributed by atoms with E-state index in [1.165, 1.54) is 6.07 Å². The van der Waals surface area contributed by atoms with Crippen LogP contribution in [0.15, 0.2) is 45.6 Å². The summed E-state index contributed by atoms with van der Waals surface area (Å²) in [5.41, 5.74) is 2.06. The van der Waals surface area contributed by atoms with Crippen LogP contribution in [-0.2, 0) is 0 Å². The number of phenolic OH excluding ortho intramolecular Hbond substituents is 1. The summed E-state index contributed by atoms with van der Waals surface area (Å²) in [5.74, 6) is -0.576. The first-order valence-electron chi connectivity index (χ1n) is 6.54. The lowest BCUT2D eigenvalue weighted by Gasteiger charge is -2.08. The molecule has 21 heavy (non-hydrogen) atoms. The minimum atomic E-state index is -0.635. The molecular formula is C17H14O4. The highest BCUT2D eigenvalue weighted by atomic mass is 16.4. The van der Waals surface area contributed by atoms with Gasteiger partial charge in [0.2, 0.25) is 11.2 Å². The average Bonchev–Trinajstić information content (AvgIpc) is 2.43. The number of fused-ring (bicyclic) bond motifs is 1. The summed E-state index contributed by atoms with van der Waals surface area (Å²) in [4.78, 5) is 12.3. The molecule has 0 radical (unpaired) electrons. The molecule has 0 saturated carbocycles. The third-order valence-electron chi connectivity index (χ3n) is 3.41. The van der Waals surface area contributed by atoms with E-state index < -0.39 is 11.2 Å². The quantitative estimate of drug-likeness (QED) is 0.716. The topological polar surface area (TPSA) is 70.7 Å². The molecule has 0 bridgehead atoms. The molecule has 0 unspecified atom stereocenters. The van der Waals surface area contributed by atoms with E-state index >= 15 is 0 Å². The van der Waals surface area contributed by atoms with Gasteiger partial charge in [-0.15, -0.1) is 0 Å². The molecule has 4 nitrogen and oxygen atoms in total. The second-order valence-corrected chi connectivity index (χ2v) is 5.13. The number of phenols is 1. The van der Waals surface area contributed by atoms with E-state index in [0.29, 0.717) is 5.56 Å². The number of rotatable bonds is 1. The molecule has 0 aliphatic heterocycles. The van der Waals surface area contributed by atoms with Crippen LogP contribution in [-0.4, -0.2) is 10.2 Å². The van der Waals surface area contributed by atoms with Crippen molar-refractivity contribution in [3.63, 3.8) is 0 Å². The lowest BCUT2D eigenvalue weighted by atomic mass is 10.1. The maximum absolute atomic E-state index is 12.3. The standard InChI is InChI=1S/C17H14O4/c1-9-3-5-11(6-4-9)17-16(20)15(19)14-12(18)7-10(2)8-13(14)21-17/h3-8,18,20H,1-2H3. The van der Waals surface area contributed by atoms with Gasteiger partial charge in [-0.1, -0.05) is 29.8 Å². The predicted octanol–water partition coefficient (Wildman–Crippen LogP) is 3.49. The van der Waals surface area contributed by atoms with Gasteiger partial charge >= 0.3 is 0 Å². The second kappa shape index (κ2) is 4.66. The van der Waals surface area contributed by atoms with Gasteiger partial charge in [-0.3, -0.25) is 4.79 Å². The number of aryl methyl sites for hydroxylation is 2. The first-order valence-corrected chi connectivity index (χ1v) is 6.54. The van der Waals surface area contributed by atoms with Crippen molar-refractivity contribution in [3.05, 3.63) is 57.7 Å². The van der Waals surface area contributed by atoms with Gasteiger partial charge in [0.15, 0.2) is 5.76 Å². The van der Waals surface area contributed by atoms with Crippen molar-refractivity contribution in [2.45, 2.75) is 13.8 Å². The Morgan fingerprint density at radius 2 is 1.62 bits per heavy atom. The Bertz CT molecular complexity index is 889. The largest absolute Gasteiger partial charge is 0.507 e. The van der Waals surface area contributed by atoms with Crippen molar-refractivity contribution in [2.24, 2.45) is 0 Å². The van der Waals surface area contributed by atoms with Crippen molar-refractivity contribution in [1.29, 1.82) is 0 Å². The Kier molecular flexibility index (Phi) is 2.94. The Labute approximate surface area is 120 Å². The third-order valence-corrected chi connectivity index (χ3v) is 3.41. The van der Waals surface area contributed by atoms with Gasteiger partial charge in [-0.05, 0) is 31.5 Å². The highest BCUT2D eigenvalue weighted by molar-refractivity contribution is 5.87. The van der Waals surface area contributed by atoms with Crippen LogP contribution in [0.4, 0.5) is 0 Å². The lowest BCUT2D eigenvalue weighted by Crippen LogP contribution is -2.03. The molecule has 2 N–H and O–H groups in total. The van der Waals surface area contributed by atoms with Crippen LogP contribution in [0.2, 0.25) is 0 Å². The monoisotopic (exact) mass is 282 g/mol. The summed E-state index contributed by atoms with van der Waals surface area (Å²) in [6.45, 7) is 3.74. The van der Waals surface area contributed by atoms with Gasteiger partial charge in [0, 0.05) is 5.56 Å². The molecule has 1 aromatic heterocycles. The normalized spacial score (nSPS) is 11.0. The molecular weight excluding hydrogens is 268 g/mol. The van der Waals surface area contributed by atoms with Crippen LogP contribution in [0.5, 0.6) is 11.5 Å². The zero-order valence-corrected chi connectivity index (χ0v) is 11.7. The van der Waals surface area contributed by atoms with E-state index in [4.69, 9.17) is 4.42 Å². The Hall–Kier alpha value is -2.75. The highest BCUT2D eigenvalue weighted by Gasteiger charge is 2.17. The highest BCUT2D eigenvalue weighted by Crippen LogP contribution is 2.33. The van der Waals surface area contributed by atoms with Crippen LogP contribution in [0.3, 0.4) is 0 Å². The van der Waals surface area contributed by atoms with E-state index in [9.17, 15) is 15.0 Å². The molecule has 0 spiro atoms. The maximum Gasteiger partial charge on any atom is 0.238 e. The molecule has 0 fully saturated rings. The van der Waals surface area contributed by atoms with Gasteiger partial charge in [-0.25, -0.2) is 0 Å². The van der Waals surface area contributed by atoms with Gasteiger partial charge in [-0.2, -0.15) is 0 Å². The Balaban J connectivity index is 2.37. The predicted molar refractivity (Wildman–Crippen MR) is 80.7 cm³/mol. The molecule has 0 aliphatic rings. The number of hydrogen-bond acceptors (Lipinski definition) is 4. The van der Waals surface area contributed by atoms with Crippen molar-refractivity contribution in [3.8, 4) is 22.8 Å². The molecule has 4 heteroatoms. The Morgan fingerprint density at radius 1 is 0.952 bits per heavy atom. The molecule has 0 saturated heterocycles. The fourth-order valence-corrected chi connectivity index (χ4v) is 2.32. The smallest absolute Gasteiger partial charge is 0.238 e. The Morgan fingerprint density at radius 3 is 2.29 bits per heavy atom. The molecule has 0 amide bonds. The number of aromatic hydroxyl groups is 2. The van der Waals surface area contributed by atoms with Crippen LogP contribution >= 0.6 is 0 Å². The van der Waals surface area contributed by atoms with Gasteiger partial charge in [0.05, 0.1) is 0 Å². The molecule has 3 rings (SSSR count). The van der Waals surface area contributed by atoms with E-state index in [1.54, 1.807) is 25.1 Å². The minimum Gasteiger partial charge on any atom is -0.507 e. The zero-order valence-electron chi connectivity index (χ0n) is 11.7. The molecule has 106 valence electrons. The van der Waals surface area contributed by atoms with Crippen LogP contribution in [0, 0.1) is 13.8 Å². The SMILES string of the molecule is Cc1ccc(-c2oc3cc(C)cc(O)c3c(=O)c2O)cc1. The van der Waals surface area contributed by atoms with E-state index in [0.717, 1.165) is 11.1 Å². The van der Waals surface area contributed by atoms with Crippen molar-refractivity contribution in [2.75, 3.05) is 0 Å². The summed E-state index contributed by atoms with van der Waals surface area (Å²) in [6.07, 6.45) is 0. The average molecular weight is 282 g/mol. The zero-order chi connectivity index (χ0) is 15.1.